The van der Waals surface area contributed by atoms with Crippen molar-refractivity contribution in [2.45, 2.75) is 19.9 Å². The maximum atomic E-state index is 11.0. The summed E-state index contributed by atoms with van der Waals surface area (Å²) in [4.78, 5) is 11.0. The predicted molar refractivity (Wildman–Crippen MR) is 39.2 cm³/mol. The zero-order valence-corrected chi connectivity index (χ0v) is 6.11. The van der Waals surface area contributed by atoms with Gasteiger partial charge in [-0.15, -0.1) is 0 Å². The van der Waals surface area contributed by atoms with Gasteiger partial charge < -0.3 is 5.84 Å². The molecule has 1 heterocycles. The predicted octanol–water partition coefficient (Wildman–Crippen LogP) is -0.0555. The lowest BCUT2D eigenvalue weighted by Crippen LogP contribution is -2.29. The Bertz CT molecular complexity index is 271. The minimum Gasteiger partial charge on any atom is -0.335 e. The van der Waals surface area contributed by atoms with Crippen LogP contribution in [0.25, 0.3) is 0 Å². The first-order valence-corrected chi connectivity index (χ1v) is 3.17. The Morgan fingerprint density at radius 1 is 1.50 bits per heavy atom. The van der Waals surface area contributed by atoms with Crippen molar-refractivity contribution in [3.05, 3.63) is 22.9 Å². The van der Waals surface area contributed by atoms with Crippen LogP contribution in [0.1, 0.15) is 19.9 Å². The highest BCUT2D eigenvalue weighted by Crippen LogP contribution is 1.96. The van der Waals surface area contributed by atoms with Gasteiger partial charge in [0, 0.05) is 18.4 Å². The minimum absolute atomic E-state index is 0.171. The van der Waals surface area contributed by atoms with Crippen LogP contribution in [-0.4, -0.2) is 9.24 Å². The Labute approximate surface area is 58.8 Å². The van der Waals surface area contributed by atoms with E-state index in [2.05, 4.69) is 0 Å². The fourth-order valence-electron chi connectivity index (χ4n) is 0.798. The topological polar surface area (TPSA) is 52.9 Å². The van der Waals surface area contributed by atoms with Gasteiger partial charge >= 0.3 is 5.69 Å². The van der Waals surface area contributed by atoms with E-state index in [1.807, 2.05) is 13.8 Å². The number of nitrogens with zero attached hydrogens (tertiary/aromatic N) is 2. The smallest absolute Gasteiger partial charge is 0.335 e. The third-order valence-electron chi connectivity index (χ3n) is 1.39. The third kappa shape index (κ3) is 0.920. The number of rotatable bonds is 1. The molecule has 0 aromatic carbocycles. The van der Waals surface area contributed by atoms with Gasteiger partial charge in [0.1, 0.15) is 0 Å². The summed E-state index contributed by atoms with van der Waals surface area (Å²) in [5.41, 5.74) is -0.171. The highest BCUT2D eigenvalue weighted by atomic mass is 16.2. The second-order valence-electron chi connectivity index (χ2n) is 2.49. The van der Waals surface area contributed by atoms with Gasteiger partial charge in [0.05, 0.1) is 0 Å². The molecule has 0 aliphatic rings. The van der Waals surface area contributed by atoms with Gasteiger partial charge in [0.25, 0.3) is 0 Å². The number of imidazole rings is 1. The molecule has 56 valence electrons. The molecular formula is C6H11N3O. The molecule has 0 fully saturated rings. The fourth-order valence-corrected chi connectivity index (χ4v) is 0.798. The standard InChI is InChI=1S/C6H11N3O/c1-5(2)8-3-4-9(7)6(8)10/h3-5H,7H2,1-2H3. The van der Waals surface area contributed by atoms with Gasteiger partial charge in [-0.2, -0.15) is 0 Å². The molecule has 2 N–H and O–H groups in total. The van der Waals surface area contributed by atoms with E-state index in [9.17, 15) is 4.79 Å². The SMILES string of the molecule is CC(C)n1ccn(N)c1=O. The van der Waals surface area contributed by atoms with E-state index in [4.69, 9.17) is 5.84 Å². The van der Waals surface area contributed by atoms with Gasteiger partial charge in [0.2, 0.25) is 0 Å². The summed E-state index contributed by atoms with van der Waals surface area (Å²) in [6.07, 6.45) is 3.22. The van der Waals surface area contributed by atoms with Crippen LogP contribution in [0.3, 0.4) is 0 Å². The first kappa shape index (κ1) is 6.92. The summed E-state index contributed by atoms with van der Waals surface area (Å²) in [7, 11) is 0. The summed E-state index contributed by atoms with van der Waals surface area (Å²) in [5, 5.41) is 0. The first-order chi connectivity index (χ1) is 4.63. The third-order valence-corrected chi connectivity index (χ3v) is 1.39. The molecule has 0 bridgehead atoms. The van der Waals surface area contributed by atoms with E-state index < -0.39 is 0 Å². The molecule has 1 aromatic rings. The van der Waals surface area contributed by atoms with Crippen molar-refractivity contribution in [2.75, 3.05) is 5.84 Å². The van der Waals surface area contributed by atoms with Crippen molar-refractivity contribution >= 4 is 0 Å². The second kappa shape index (κ2) is 2.21. The Morgan fingerprint density at radius 2 is 2.10 bits per heavy atom. The van der Waals surface area contributed by atoms with E-state index in [0.29, 0.717) is 0 Å². The molecule has 0 unspecified atom stereocenters. The van der Waals surface area contributed by atoms with Crippen LogP contribution < -0.4 is 11.5 Å². The maximum Gasteiger partial charge on any atom is 0.346 e. The quantitative estimate of drug-likeness (QED) is 0.557. The molecule has 10 heavy (non-hydrogen) atoms. The Balaban J connectivity index is 3.18. The summed E-state index contributed by atoms with van der Waals surface area (Å²) in [5.74, 6) is 5.26. The van der Waals surface area contributed by atoms with E-state index in [-0.39, 0.29) is 11.7 Å². The molecular weight excluding hydrogens is 130 g/mol. The van der Waals surface area contributed by atoms with E-state index in [1.54, 1.807) is 17.0 Å². The molecule has 1 rings (SSSR count). The zero-order chi connectivity index (χ0) is 7.72. The summed E-state index contributed by atoms with van der Waals surface area (Å²) >= 11 is 0. The highest BCUT2D eigenvalue weighted by molar-refractivity contribution is 4.82. The van der Waals surface area contributed by atoms with Crippen LogP contribution in [0.5, 0.6) is 0 Å². The molecule has 0 aliphatic carbocycles. The molecule has 0 amide bonds. The average Bonchev–Trinajstić information content (AvgIpc) is 2.14. The van der Waals surface area contributed by atoms with Crippen LogP contribution >= 0.6 is 0 Å². The first-order valence-electron chi connectivity index (χ1n) is 3.17. The van der Waals surface area contributed by atoms with Crippen molar-refractivity contribution in [2.24, 2.45) is 0 Å². The van der Waals surface area contributed by atoms with Crippen molar-refractivity contribution in [1.29, 1.82) is 0 Å². The Hall–Kier alpha value is -1.19. The highest BCUT2D eigenvalue weighted by Gasteiger charge is 2.01. The Morgan fingerprint density at radius 3 is 2.30 bits per heavy atom. The van der Waals surface area contributed by atoms with E-state index in [1.165, 1.54) is 0 Å². The van der Waals surface area contributed by atoms with Crippen molar-refractivity contribution in [1.82, 2.24) is 9.24 Å². The van der Waals surface area contributed by atoms with E-state index in [0.717, 1.165) is 4.68 Å². The lowest BCUT2D eigenvalue weighted by atomic mass is 10.4. The normalized spacial score (nSPS) is 10.7. The molecule has 0 atom stereocenters. The zero-order valence-electron chi connectivity index (χ0n) is 6.11. The molecule has 1 aromatic heterocycles. The van der Waals surface area contributed by atoms with Gasteiger partial charge in [-0.05, 0) is 13.8 Å². The number of hydrogen-bond donors (Lipinski definition) is 1. The number of nitrogens with two attached hydrogens (primary N) is 1. The number of aromatic nitrogens is 2. The second-order valence-corrected chi connectivity index (χ2v) is 2.49. The van der Waals surface area contributed by atoms with Crippen LogP contribution in [0, 0.1) is 0 Å². The van der Waals surface area contributed by atoms with Gasteiger partial charge in [-0.25, -0.2) is 9.47 Å². The molecule has 4 nitrogen and oxygen atoms in total. The average molecular weight is 141 g/mol. The Kier molecular flexibility index (Phi) is 1.53. The molecule has 4 heteroatoms. The summed E-state index contributed by atoms with van der Waals surface area (Å²) < 4.78 is 2.64. The van der Waals surface area contributed by atoms with Gasteiger partial charge in [-0.1, -0.05) is 0 Å². The van der Waals surface area contributed by atoms with Crippen LogP contribution in [0.4, 0.5) is 0 Å². The largest absolute Gasteiger partial charge is 0.346 e. The molecule has 0 saturated carbocycles. The lowest BCUT2D eigenvalue weighted by molar-refractivity contribution is 0.571. The molecule has 0 saturated heterocycles. The lowest BCUT2D eigenvalue weighted by Gasteiger charge is -2.02. The monoisotopic (exact) mass is 141 g/mol. The van der Waals surface area contributed by atoms with Gasteiger partial charge in [0.15, 0.2) is 0 Å². The fraction of sp³-hybridized carbons (Fsp3) is 0.500. The van der Waals surface area contributed by atoms with E-state index >= 15 is 0 Å². The summed E-state index contributed by atoms with van der Waals surface area (Å²) in [6, 6.07) is 0.178. The minimum atomic E-state index is -0.171. The van der Waals surface area contributed by atoms with Crippen LogP contribution in [-0.2, 0) is 0 Å². The summed E-state index contributed by atoms with van der Waals surface area (Å²) in [6.45, 7) is 3.86. The van der Waals surface area contributed by atoms with Crippen molar-refractivity contribution in [3.8, 4) is 0 Å². The van der Waals surface area contributed by atoms with Crippen LogP contribution in [0.15, 0.2) is 17.2 Å². The maximum absolute atomic E-state index is 11.0. The number of nitrogen functional groups attached to an aromatic ring is 1. The van der Waals surface area contributed by atoms with Crippen molar-refractivity contribution in [3.63, 3.8) is 0 Å². The van der Waals surface area contributed by atoms with Crippen molar-refractivity contribution < 1.29 is 0 Å². The molecule has 0 aliphatic heterocycles. The van der Waals surface area contributed by atoms with Crippen LogP contribution in [0.2, 0.25) is 0 Å². The molecule has 0 spiro atoms. The van der Waals surface area contributed by atoms with Gasteiger partial charge in [-0.3, -0.25) is 4.57 Å². The molecule has 0 radical (unpaired) electrons. The number of hydrogen-bond acceptors (Lipinski definition) is 2.